The molecule has 1 aliphatic heterocycles. The molecule has 1 aromatic rings. The maximum Gasteiger partial charge on any atom is 0.294 e. The van der Waals surface area contributed by atoms with Crippen molar-refractivity contribution < 1.29 is 13.0 Å². The topological polar surface area (TPSA) is 108 Å². The maximum atomic E-state index is 10.9. The van der Waals surface area contributed by atoms with Gasteiger partial charge in [0.1, 0.15) is 0 Å². The minimum Gasteiger partial charge on any atom is -0.282 e. The number of hydrazine groups is 1. The van der Waals surface area contributed by atoms with Crippen molar-refractivity contribution in [3.05, 3.63) is 29.8 Å². The third kappa shape index (κ3) is 3.04. The lowest BCUT2D eigenvalue weighted by molar-refractivity contribution is 0.339. The Morgan fingerprint density at radius 2 is 1.84 bits per heavy atom. The monoisotopic (exact) mass is 322 g/mol. The van der Waals surface area contributed by atoms with Crippen LogP contribution < -0.4 is 5.84 Å². The zero-order valence-corrected chi connectivity index (χ0v) is 11.6. The van der Waals surface area contributed by atoms with Gasteiger partial charge in [-0.15, -0.1) is 0 Å². The fraction of sp³-hybridized carbons (Fsp3) is 0.111. The summed E-state index contributed by atoms with van der Waals surface area (Å²) in [7, 11) is -4.24. The Balaban J connectivity index is 2.36. The maximum absolute atomic E-state index is 10.9. The lowest BCUT2D eigenvalue weighted by atomic mass is 10.2. The van der Waals surface area contributed by atoms with E-state index in [1.165, 1.54) is 24.3 Å². The predicted molar refractivity (Wildman–Crippen MR) is 71.6 cm³/mol. The molecule has 0 fully saturated rings. The molecule has 1 atom stereocenters. The summed E-state index contributed by atoms with van der Waals surface area (Å²) in [6, 6.07) is 5.33. The smallest absolute Gasteiger partial charge is 0.282 e. The molecule has 0 spiro atoms. The molecule has 7 nitrogen and oxygen atoms in total. The molecule has 102 valence electrons. The lowest BCUT2D eigenvalue weighted by Gasteiger charge is -2.27. The summed E-state index contributed by atoms with van der Waals surface area (Å²) in [6.45, 7) is 0. The Bertz CT molecular complexity index is 657. The fourth-order valence-electron chi connectivity index (χ4n) is 1.47. The van der Waals surface area contributed by atoms with Gasteiger partial charge < -0.3 is 0 Å². The Hall–Kier alpha value is -1.19. The summed E-state index contributed by atoms with van der Waals surface area (Å²) >= 11 is 11.4. The number of nitrogens with zero attached hydrogens (tertiary/aromatic N) is 3. The van der Waals surface area contributed by atoms with E-state index in [1.807, 2.05) is 0 Å². The van der Waals surface area contributed by atoms with Crippen molar-refractivity contribution in [2.45, 2.75) is 11.1 Å². The first-order valence-electron chi connectivity index (χ1n) is 4.88. The average Bonchev–Trinajstić information content (AvgIpc) is 2.33. The van der Waals surface area contributed by atoms with Crippen molar-refractivity contribution in [1.82, 2.24) is 5.01 Å². The first-order valence-corrected chi connectivity index (χ1v) is 7.07. The molecule has 1 aromatic carbocycles. The highest BCUT2D eigenvalue weighted by molar-refractivity contribution is 7.85. The summed E-state index contributed by atoms with van der Waals surface area (Å²) < 4.78 is 30.7. The van der Waals surface area contributed by atoms with Crippen LogP contribution in [0, 0.1) is 0 Å². The quantitative estimate of drug-likeness (QED) is 0.485. The highest BCUT2D eigenvalue weighted by Gasteiger charge is 2.24. The van der Waals surface area contributed by atoms with Crippen LogP contribution in [0.4, 0.5) is 0 Å². The van der Waals surface area contributed by atoms with E-state index >= 15 is 0 Å². The van der Waals surface area contributed by atoms with E-state index in [9.17, 15) is 8.42 Å². The van der Waals surface area contributed by atoms with Crippen LogP contribution in [-0.4, -0.2) is 28.6 Å². The normalized spacial score (nSPS) is 20.0. The molecular formula is C9H8Cl2N4O3S. The number of hydrogen-bond donors (Lipinski definition) is 2. The second-order valence-electron chi connectivity index (χ2n) is 3.60. The summed E-state index contributed by atoms with van der Waals surface area (Å²) in [4.78, 5) is 7.40. The molecule has 0 bridgehead atoms. The molecule has 1 aliphatic rings. The van der Waals surface area contributed by atoms with Gasteiger partial charge in [-0.25, -0.2) is 10.8 Å². The van der Waals surface area contributed by atoms with Gasteiger partial charge in [-0.2, -0.15) is 13.4 Å². The van der Waals surface area contributed by atoms with Crippen molar-refractivity contribution >= 4 is 43.9 Å². The van der Waals surface area contributed by atoms with E-state index in [1.54, 1.807) is 0 Å². The van der Waals surface area contributed by atoms with Crippen LogP contribution in [0.25, 0.3) is 0 Å². The molecule has 0 aliphatic carbocycles. The predicted octanol–water partition coefficient (Wildman–Crippen LogP) is 1.31. The standard InChI is InChI=1S/C9H8Cl2N4O3S/c10-8-13-7(15(12)9(11)14-8)5-1-3-6(4-2-5)19(16,17)18/h1-4,7H,12H2,(H,16,17,18). The van der Waals surface area contributed by atoms with Gasteiger partial charge in [0.05, 0.1) is 4.90 Å². The van der Waals surface area contributed by atoms with Crippen molar-refractivity contribution in [1.29, 1.82) is 0 Å². The Morgan fingerprint density at radius 3 is 2.37 bits per heavy atom. The van der Waals surface area contributed by atoms with E-state index in [0.29, 0.717) is 5.56 Å². The van der Waals surface area contributed by atoms with E-state index in [2.05, 4.69) is 9.98 Å². The van der Waals surface area contributed by atoms with Gasteiger partial charge in [0.2, 0.25) is 10.6 Å². The van der Waals surface area contributed by atoms with Gasteiger partial charge in [-0.1, -0.05) is 12.1 Å². The van der Waals surface area contributed by atoms with Crippen LogP contribution in [0.2, 0.25) is 0 Å². The third-order valence-electron chi connectivity index (χ3n) is 2.37. The Labute approximate surface area is 119 Å². The lowest BCUT2D eigenvalue weighted by Crippen LogP contribution is -2.39. The number of aliphatic imine (C=N–C) groups is 2. The van der Waals surface area contributed by atoms with Crippen molar-refractivity contribution in [2.24, 2.45) is 15.8 Å². The van der Waals surface area contributed by atoms with E-state index < -0.39 is 16.3 Å². The van der Waals surface area contributed by atoms with Crippen LogP contribution in [0.3, 0.4) is 0 Å². The number of benzene rings is 1. The minimum atomic E-state index is -4.24. The van der Waals surface area contributed by atoms with E-state index in [-0.39, 0.29) is 15.5 Å². The molecule has 19 heavy (non-hydrogen) atoms. The van der Waals surface area contributed by atoms with Gasteiger partial charge in [0.25, 0.3) is 10.1 Å². The molecule has 0 aromatic heterocycles. The van der Waals surface area contributed by atoms with E-state index in [4.69, 9.17) is 33.6 Å². The van der Waals surface area contributed by atoms with Gasteiger partial charge in [-0.3, -0.25) is 9.56 Å². The van der Waals surface area contributed by atoms with E-state index in [0.717, 1.165) is 5.01 Å². The largest absolute Gasteiger partial charge is 0.294 e. The summed E-state index contributed by atoms with van der Waals surface area (Å²) in [5.74, 6) is 5.68. The average molecular weight is 323 g/mol. The molecular weight excluding hydrogens is 315 g/mol. The zero-order chi connectivity index (χ0) is 14.2. The Kier molecular flexibility index (Phi) is 3.79. The third-order valence-corrected chi connectivity index (χ3v) is 3.70. The molecule has 1 heterocycles. The number of rotatable bonds is 2. The second kappa shape index (κ2) is 5.06. The second-order valence-corrected chi connectivity index (χ2v) is 5.70. The van der Waals surface area contributed by atoms with Crippen molar-refractivity contribution in [2.75, 3.05) is 0 Å². The van der Waals surface area contributed by atoms with Crippen molar-refractivity contribution in [3.63, 3.8) is 0 Å². The summed E-state index contributed by atoms with van der Waals surface area (Å²) in [5, 5.41) is 0.981. The van der Waals surface area contributed by atoms with Crippen LogP contribution in [0.5, 0.6) is 0 Å². The van der Waals surface area contributed by atoms with Gasteiger partial charge in [0.15, 0.2) is 6.17 Å². The molecule has 0 radical (unpaired) electrons. The van der Waals surface area contributed by atoms with Gasteiger partial charge >= 0.3 is 0 Å². The highest BCUT2D eigenvalue weighted by atomic mass is 35.5. The first-order chi connectivity index (χ1) is 8.79. The SMILES string of the molecule is NN1C(Cl)=NC(Cl)=NC1c1ccc(S(=O)(=O)O)cc1. The van der Waals surface area contributed by atoms with Gasteiger partial charge in [0, 0.05) is 0 Å². The molecule has 0 saturated carbocycles. The Morgan fingerprint density at radius 1 is 1.26 bits per heavy atom. The van der Waals surface area contributed by atoms with Gasteiger partial charge in [-0.05, 0) is 40.9 Å². The number of hydrogen-bond acceptors (Lipinski definition) is 6. The summed E-state index contributed by atoms with van der Waals surface area (Å²) in [6.07, 6.45) is -0.715. The van der Waals surface area contributed by atoms with Crippen LogP contribution in [0.1, 0.15) is 11.7 Å². The minimum absolute atomic E-state index is 0.0381. The number of nitrogens with two attached hydrogens (primary N) is 1. The first kappa shape index (κ1) is 14.2. The highest BCUT2D eigenvalue weighted by Crippen LogP contribution is 2.26. The molecule has 2 rings (SSSR count). The number of amidine groups is 2. The fourth-order valence-corrected chi connectivity index (χ4v) is 2.34. The molecule has 10 heteroatoms. The molecule has 3 N–H and O–H groups in total. The van der Waals surface area contributed by atoms with Crippen molar-refractivity contribution in [3.8, 4) is 0 Å². The summed E-state index contributed by atoms with van der Waals surface area (Å²) in [5.41, 5.74) is 0.543. The van der Waals surface area contributed by atoms with Crippen LogP contribution in [0.15, 0.2) is 39.1 Å². The molecule has 0 amide bonds. The van der Waals surface area contributed by atoms with Crippen LogP contribution >= 0.6 is 23.2 Å². The zero-order valence-electron chi connectivity index (χ0n) is 9.23. The molecule has 0 saturated heterocycles. The number of halogens is 2. The van der Waals surface area contributed by atoms with Crippen LogP contribution in [-0.2, 0) is 10.1 Å². The molecule has 1 unspecified atom stereocenters.